The number of rotatable bonds is 4. The van der Waals surface area contributed by atoms with Gasteiger partial charge in [0.2, 0.25) is 0 Å². The number of amidine groups is 1. The van der Waals surface area contributed by atoms with Crippen LogP contribution in [0.25, 0.3) is 0 Å². The number of halogens is 1. The second-order valence-electron chi connectivity index (χ2n) is 5.97. The lowest BCUT2D eigenvalue weighted by Gasteiger charge is -2.15. The summed E-state index contributed by atoms with van der Waals surface area (Å²) in [6.45, 7) is 2.78. The van der Waals surface area contributed by atoms with Crippen molar-refractivity contribution in [1.29, 1.82) is 5.41 Å². The van der Waals surface area contributed by atoms with Crippen LogP contribution in [0.15, 0.2) is 35.3 Å². The molecule has 1 aliphatic rings. The van der Waals surface area contributed by atoms with Crippen molar-refractivity contribution < 1.29 is 9.53 Å². The number of benzene rings is 2. The van der Waals surface area contributed by atoms with Gasteiger partial charge in [-0.1, -0.05) is 35.9 Å². The molecule has 4 N–H and O–H groups in total. The zero-order valence-electron chi connectivity index (χ0n) is 14.3. The quantitative estimate of drug-likeness (QED) is 0.569. The Labute approximate surface area is 156 Å². The minimum absolute atomic E-state index is 0.174. The molecule has 1 heterocycles. The summed E-state index contributed by atoms with van der Waals surface area (Å²) in [5.74, 6) is 0.574. The van der Waals surface area contributed by atoms with Crippen LogP contribution in [0.4, 0.5) is 0 Å². The number of nitrogens with two attached hydrogens (primary N) is 1. The summed E-state index contributed by atoms with van der Waals surface area (Å²) in [6, 6.07) is 9.44. The highest BCUT2D eigenvalue weighted by Crippen LogP contribution is 2.36. The lowest BCUT2D eigenvalue weighted by Crippen LogP contribution is -2.24. The van der Waals surface area contributed by atoms with Crippen LogP contribution in [-0.2, 0) is 6.42 Å². The molecule has 0 radical (unpaired) electrons. The Bertz CT molecular complexity index is 891. The van der Waals surface area contributed by atoms with Gasteiger partial charge in [-0.25, -0.2) is 4.99 Å². The van der Waals surface area contributed by atoms with Crippen molar-refractivity contribution in [1.82, 2.24) is 5.32 Å². The van der Waals surface area contributed by atoms with E-state index in [1.807, 2.05) is 37.3 Å². The molecular weight excluding hydrogens is 352 g/mol. The van der Waals surface area contributed by atoms with Gasteiger partial charge < -0.3 is 15.8 Å². The number of carbonyl (C=O) groups excluding carboxylic acids is 1. The van der Waals surface area contributed by atoms with Crippen LogP contribution in [0.5, 0.6) is 5.75 Å². The fourth-order valence-electron chi connectivity index (χ4n) is 2.84. The van der Waals surface area contributed by atoms with E-state index in [1.165, 1.54) is 0 Å². The highest BCUT2D eigenvalue weighted by atomic mass is 35.5. The van der Waals surface area contributed by atoms with Gasteiger partial charge in [-0.05, 0) is 36.1 Å². The number of hydrogen-bond acceptors (Lipinski definition) is 3. The first-order valence-corrected chi connectivity index (χ1v) is 8.53. The van der Waals surface area contributed by atoms with Crippen molar-refractivity contribution in [2.24, 2.45) is 10.7 Å². The number of aliphatic imine (C=N–C) groups is 1. The van der Waals surface area contributed by atoms with Crippen LogP contribution in [-0.4, -0.2) is 31.2 Å². The summed E-state index contributed by atoms with van der Waals surface area (Å²) < 4.78 is 5.64. The van der Waals surface area contributed by atoms with Gasteiger partial charge >= 0.3 is 0 Å². The first-order chi connectivity index (χ1) is 12.5. The average molecular weight is 371 g/mol. The molecule has 1 aliphatic heterocycles. The molecule has 2 aromatic rings. The van der Waals surface area contributed by atoms with E-state index in [2.05, 4.69) is 10.3 Å². The van der Waals surface area contributed by atoms with Crippen molar-refractivity contribution in [2.45, 2.75) is 13.3 Å². The molecule has 6 nitrogen and oxygen atoms in total. The van der Waals surface area contributed by atoms with Gasteiger partial charge in [0.15, 0.2) is 5.75 Å². The normalized spacial score (nSPS) is 14.1. The van der Waals surface area contributed by atoms with Crippen LogP contribution < -0.4 is 15.8 Å². The highest BCUT2D eigenvalue weighted by Gasteiger charge is 2.22. The molecule has 0 saturated heterocycles. The Morgan fingerprint density at radius 2 is 2.15 bits per heavy atom. The first kappa shape index (κ1) is 17.9. The van der Waals surface area contributed by atoms with Crippen LogP contribution in [0, 0.1) is 12.3 Å². The first-order valence-electron chi connectivity index (χ1n) is 8.15. The van der Waals surface area contributed by atoms with Crippen molar-refractivity contribution in [3.8, 4) is 5.75 Å². The maximum Gasteiger partial charge on any atom is 0.255 e. The third kappa shape index (κ3) is 3.55. The van der Waals surface area contributed by atoms with E-state index in [9.17, 15) is 4.79 Å². The molecule has 0 unspecified atom stereocenters. The number of hydrogen-bond donors (Lipinski definition) is 3. The fraction of sp³-hybridized carbons (Fsp3) is 0.211. The number of nitrogens with one attached hydrogen (secondary N) is 2. The van der Waals surface area contributed by atoms with Gasteiger partial charge in [-0.15, -0.1) is 0 Å². The molecule has 0 saturated carbocycles. The molecule has 0 aliphatic carbocycles. The van der Waals surface area contributed by atoms with E-state index in [1.54, 1.807) is 0 Å². The van der Waals surface area contributed by atoms with Crippen molar-refractivity contribution in [3.63, 3.8) is 0 Å². The number of fused-ring (bicyclic) bond motifs is 1. The molecular formula is C19H19ClN4O2. The minimum atomic E-state index is -0.174. The lowest BCUT2D eigenvalue weighted by molar-refractivity contribution is 0.0957. The maximum absolute atomic E-state index is 12.3. The number of nitrogens with zero attached hydrogens (tertiary/aromatic N) is 1. The summed E-state index contributed by atoms with van der Waals surface area (Å²) >= 11 is 6.46. The predicted octanol–water partition coefficient (Wildman–Crippen LogP) is 2.67. The van der Waals surface area contributed by atoms with Crippen LogP contribution in [0.2, 0.25) is 5.02 Å². The molecule has 1 amide bonds. The molecule has 2 aromatic carbocycles. The van der Waals surface area contributed by atoms with Gasteiger partial charge in [0.25, 0.3) is 5.91 Å². The summed E-state index contributed by atoms with van der Waals surface area (Å²) in [5.41, 5.74) is 9.90. The van der Waals surface area contributed by atoms with Gasteiger partial charge in [-0.3, -0.25) is 10.2 Å². The molecule has 7 heteroatoms. The Morgan fingerprint density at radius 3 is 2.85 bits per heavy atom. The lowest BCUT2D eigenvalue weighted by atomic mass is 9.96. The molecule has 0 aromatic heterocycles. The molecule has 26 heavy (non-hydrogen) atoms. The Hall–Kier alpha value is -2.86. The summed E-state index contributed by atoms with van der Waals surface area (Å²) in [4.78, 5) is 16.0. The van der Waals surface area contributed by atoms with Gasteiger partial charge in [-0.2, -0.15) is 0 Å². The standard InChI is InChI=1S/C19H19ClN4O2/c1-11-14(8-12-2-4-13(5-3-12)18(22)24-10-21)9-15-17(16(11)20)26-7-6-23-19(15)25/h2-5,9-10H,6-8H2,1H3,(H,23,25)(H3,21,22,24). The number of amides is 1. The molecule has 0 spiro atoms. The SMILES string of the molecule is Cc1c(Cc2ccc(C(N)=NC=N)cc2)cc2c(c1Cl)OCCNC2=O. The van der Waals surface area contributed by atoms with Gasteiger partial charge in [0.1, 0.15) is 18.8 Å². The minimum Gasteiger partial charge on any atom is -0.489 e. The topological polar surface area (TPSA) is 101 Å². The molecule has 0 atom stereocenters. The summed E-state index contributed by atoms with van der Waals surface area (Å²) in [6.07, 6.45) is 1.53. The summed E-state index contributed by atoms with van der Waals surface area (Å²) in [7, 11) is 0. The van der Waals surface area contributed by atoms with Gasteiger partial charge in [0.05, 0.1) is 17.1 Å². The van der Waals surface area contributed by atoms with E-state index in [4.69, 9.17) is 27.5 Å². The van der Waals surface area contributed by atoms with Gasteiger partial charge in [0, 0.05) is 5.56 Å². The third-order valence-corrected chi connectivity index (χ3v) is 4.76. The largest absolute Gasteiger partial charge is 0.489 e. The molecule has 0 bridgehead atoms. The smallest absolute Gasteiger partial charge is 0.255 e. The Morgan fingerprint density at radius 1 is 1.42 bits per heavy atom. The van der Waals surface area contributed by atoms with E-state index in [0.29, 0.717) is 41.7 Å². The monoisotopic (exact) mass is 370 g/mol. The summed E-state index contributed by atoms with van der Waals surface area (Å²) in [5, 5.41) is 10.3. The van der Waals surface area contributed by atoms with Crippen molar-refractivity contribution in [3.05, 3.63) is 63.2 Å². The van der Waals surface area contributed by atoms with Crippen LogP contribution in [0.3, 0.4) is 0 Å². The average Bonchev–Trinajstić information content (AvgIpc) is 2.82. The van der Waals surface area contributed by atoms with E-state index >= 15 is 0 Å². The van der Waals surface area contributed by atoms with E-state index < -0.39 is 0 Å². The molecule has 134 valence electrons. The second kappa shape index (κ2) is 7.58. The maximum atomic E-state index is 12.3. The molecule has 0 fully saturated rings. The predicted molar refractivity (Wildman–Crippen MR) is 103 cm³/mol. The second-order valence-corrected chi connectivity index (χ2v) is 6.35. The zero-order chi connectivity index (χ0) is 18.7. The van der Waals surface area contributed by atoms with E-state index in [-0.39, 0.29) is 5.91 Å². The zero-order valence-corrected chi connectivity index (χ0v) is 15.1. The fourth-order valence-corrected chi connectivity index (χ4v) is 3.12. The number of carbonyl (C=O) groups is 1. The van der Waals surface area contributed by atoms with Crippen LogP contribution >= 0.6 is 11.6 Å². The Kier molecular flexibility index (Phi) is 5.23. The number of ether oxygens (including phenoxy) is 1. The van der Waals surface area contributed by atoms with Crippen molar-refractivity contribution in [2.75, 3.05) is 13.2 Å². The third-order valence-electron chi connectivity index (χ3n) is 4.30. The highest BCUT2D eigenvalue weighted by molar-refractivity contribution is 6.33. The Balaban J connectivity index is 1.93. The van der Waals surface area contributed by atoms with Crippen LogP contribution in [0.1, 0.15) is 32.6 Å². The van der Waals surface area contributed by atoms with Crippen molar-refractivity contribution >= 4 is 29.7 Å². The van der Waals surface area contributed by atoms with E-state index in [0.717, 1.165) is 28.6 Å². The molecule has 3 rings (SSSR count).